The molecule has 302 valence electrons. The zero-order chi connectivity index (χ0) is 41.3. The Bertz CT molecular complexity index is 2920. The van der Waals surface area contributed by atoms with Gasteiger partial charge in [-0.05, 0) is 41.2 Å². The summed E-state index contributed by atoms with van der Waals surface area (Å²) in [7, 11) is 0. The number of aromatic amines is 1. The molecule has 3 aromatic heterocycles. The van der Waals surface area contributed by atoms with E-state index >= 15 is 13.2 Å². The van der Waals surface area contributed by atoms with Crippen molar-refractivity contribution in [2.75, 3.05) is 11.9 Å². The number of aliphatic hydroxyl groups excluding tert-OH is 1. The highest BCUT2D eigenvalue weighted by atomic mass is 19.4. The molecule has 1 amide bonds. The number of ether oxygens (including phenoxy) is 1. The first kappa shape index (κ1) is 36.4. The predicted octanol–water partition coefficient (Wildman–Crippen LogP) is 8.37. The van der Waals surface area contributed by atoms with Crippen molar-refractivity contribution in [3.05, 3.63) is 131 Å². The lowest BCUT2D eigenvalue weighted by atomic mass is 9.71. The molecule has 0 aliphatic carbocycles. The van der Waals surface area contributed by atoms with Crippen LogP contribution < -0.4 is 15.4 Å². The Labute approximate surface area is 340 Å². The molecule has 0 fully saturated rings. The van der Waals surface area contributed by atoms with Crippen LogP contribution in [0.4, 0.5) is 18.9 Å². The number of hydrogen-bond acceptors (Lipinski definition) is 9. The number of amides is 1. The molecule has 4 aromatic carbocycles. The number of para-hydroxylation sites is 1. The molecule has 11 rings (SSSR count). The quantitative estimate of drug-likeness (QED) is 0.130. The van der Waals surface area contributed by atoms with Crippen molar-refractivity contribution < 1.29 is 41.4 Å². The Hall–Kier alpha value is -6.67. The third kappa shape index (κ3) is 4.81. The van der Waals surface area contributed by atoms with E-state index in [9.17, 15) is 14.7 Å². The largest absolute Gasteiger partial charge is 0.469 e. The van der Waals surface area contributed by atoms with Gasteiger partial charge in [0.15, 0.2) is 34.6 Å². The van der Waals surface area contributed by atoms with E-state index in [0.717, 1.165) is 38.8 Å². The summed E-state index contributed by atoms with van der Waals surface area (Å²) in [6.07, 6.45) is -3.34. The summed E-state index contributed by atoms with van der Waals surface area (Å²) in [5.41, 5.74) is 1.80. The molecule has 11 nitrogen and oxygen atoms in total. The molecular weight excluding hydrogens is 776 g/mol. The highest BCUT2D eigenvalue weighted by Gasteiger charge is 2.63. The van der Waals surface area contributed by atoms with E-state index < -0.39 is 65.5 Å². The Morgan fingerprint density at radius 2 is 1.75 bits per heavy atom. The number of ketones is 1. The van der Waals surface area contributed by atoms with Crippen LogP contribution >= 0.6 is 0 Å². The minimum atomic E-state index is -5.17. The number of Topliss-reactive ketones (excluding diaryl/α,β-unsaturated/α-hetero) is 1. The van der Waals surface area contributed by atoms with Crippen molar-refractivity contribution in [3.63, 3.8) is 0 Å². The maximum Gasteiger partial charge on any atom is 0.407 e. The number of benzene rings is 4. The normalized spacial score (nSPS) is 21.9. The Morgan fingerprint density at radius 3 is 2.53 bits per heavy atom. The van der Waals surface area contributed by atoms with Crippen LogP contribution in [0.25, 0.3) is 44.9 Å². The van der Waals surface area contributed by atoms with Crippen molar-refractivity contribution in [3.8, 4) is 39.8 Å². The molecule has 5 atom stereocenters. The Morgan fingerprint density at radius 1 is 0.950 bits per heavy atom. The van der Waals surface area contributed by atoms with Crippen LogP contribution in [-0.2, 0) is 26.8 Å². The molecule has 10 bridgehead atoms. The number of hydrogen-bond donors (Lipinski definition) is 4. The zero-order valence-electron chi connectivity index (χ0n) is 32.2. The lowest BCUT2D eigenvalue weighted by Crippen LogP contribution is -2.53. The number of fused-ring (bicyclic) bond motifs is 7. The summed E-state index contributed by atoms with van der Waals surface area (Å²) in [4.78, 5) is 42.0. The number of oxazole rings is 2. The topological polar surface area (TPSA) is 156 Å². The van der Waals surface area contributed by atoms with E-state index in [1.807, 2.05) is 56.4 Å². The molecule has 4 N–H and O–H groups in total. The third-order valence-corrected chi connectivity index (χ3v) is 12.8. The van der Waals surface area contributed by atoms with Crippen molar-refractivity contribution in [2.24, 2.45) is 11.8 Å². The maximum absolute atomic E-state index is 15.1. The number of alkyl halides is 3. The van der Waals surface area contributed by atoms with Gasteiger partial charge in [0.2, 0.25) is 17.7 Å². The van der Waals surface area contributed by atoms with E-state index in [2.05, 4.69) is 21.7 Å². The smallest absolute Gasteiger partial charge is 0.407 e. The molecule has 4 aliphatic heterocycles. The molecule has 60 heavy (non-hydrogen) atoms. The van der Waals surface area contributed by atoms with Crippen molar-refractivity contribution in [1.82, 2.24) is 20.3 Å². The van der Waals surface area contributed by atoms with Crippen LogP contribution in [0.15, 0.2) is 106 Å². The number of aliphatic hydroxyl groups is 1. The molecule has 4 aliphatic rings. The highest BCUT2D eigenvalue weighted by molar-refractivity contribution is 6.07. The van der Waals surface area contributed by atoms with Gasteiger partial charge in [-0.2, -0.15) is 13.2 Å². The molecular formula is C46H36F3N5O6. The molecule has 7 aromatic rings. The van der Waals surface area contributed by atoms with Crippen molar-refractivity contribution >= 4 is 28.3 Å². The number of aromatic nitrogens is 3. The molecule has 0 radical (unpaired) electrons. The predicted molar refractivity (Wildman–Crippen MR) is 213 cm³/mol. The van der Waals surface area contributed by atoms with E-state index in [-0.39, 0.29) is 29.8 Å². The number of H-pyrrole nitrogens is 1. The van der Waals surface area contributed by atoms with Crippen LogP contribution in [0.3, 0.4) is 0 Å². The first-order valence-corrected chi connectivity index (χ1v) is 19.8. The average molecular weight is 812 g/mol. The van der Waals surface area contributed by atoms with Crippen molar-refractivity contribution in [2.45, 2.75) is 56.0 Å². The third-order valence-electron chi connectivity index (χ3n) is 12.8. The first-order chi connectivity index (χ1) is 28.9. The number of nitrogens with one attached hydrogen (secondary N) is 3. The second-order valence-corrected chi connectivity index (χ2v) is 16.4. The molecule has 7 heterocycles. The van der Waals surface area contributed by atoms with Gasteiger partial charge >= 0.3 is 6.18 Å². The maximum atomic E-state index is 15.1. The molecule has 2 unspecified atom stereocenters. The van der Waals surface area contributed by atoms with Gasteiger partial charge < -0.3 is 34.3 Å². The standard InChI is InChI=1S/C46H36F3N5O6/c1-22(2)36-42-53-38-39(60-42)45-29-12-6-11-27(26-10-7-13-31-35(26)28(19-50-31)33-20-51-41(38)58-33)37(29)54-43(45)59-32-15-14-23(17-30(32)45)16-24(40(57)52-36)18-34(56)44(21-55,46(47,48)49)25-8-4-3-5-9-25/h3-15,17,19-20,22,24,36,43,50,54-55H,16,18,21H2,1-2H3,(H,52,57)/t24?,36-,43?,44+,45-/m0/s1. The number of rotatable bonds is 6. The number of nitrogens with zero attached hydrogens (tertiary/aromatic N) is 2. The minimum Gasteiger partial charge on any atom is -0.469 e. The van der Waals surface area contributed by atoms with Gasteiger partial charge in [0, 0.05) is 57.4 Å². The Kier molecular flexibility index (Phi) is 7.69. The van der Waals surface area contributed by atoms with E-state index in [1.54, 1.807) is 18.3 Å². The number of carbonyl (C=O) groups is 2. The fourth-order valence-corrected chi connectivity index (χ4v) is 9.84. The second kappa shape index (κ2) is 12.7. The van der Waals surface area contributed by atoms with E-state index in [0.29, 0.717) is 28.4 Å². The van der Waals surface area contributed by atoms with Gasteiger partial charge in [0.25, 0.3) is 0 Å². The SMILES string of the molecule is CC(C)[C@@H]1NC(=O)C(CC(=O)[C@@](CO)(c2ccccc2)C(F)(F)F)Cc2ccc3c(c2)[C@]24c5cccc(c5NC2O3)-c2cccc3[nH]cc(c23)-c2cnc(o2)-c2nc1oc24. The minimum absolute atomic E-state index is 0.106. The van der Waals surface area contributed by atoms with Crippen molar-refractivity contribution in [1.29, 1.82) is 0 Å². The van der Waals surface area contributed by atoms with Crippen LogP contribution in [0.2, 0.25) is 0 Å². The van der Waals surface area contributed by atoms with Crippen LogP contribution in [0.1, 0.15) is 60.2 Å². The average Bonchev–Trinajstić information content (AvgIpc) is 4.06. The summed E-state index contributed by atoms with van der Waals surface area (Å²) in [6, 6.07) is 23.2. The first-order valence-electron chi connectivity index (χ1n) is 19.8. The van der Waals surface area contributed by atoms with E-state index in [4.69, 9.17) is 23.5 Å². The number of halogens is 3. The van der Waals surface area contributed by atoms with Gasteiger partial charge in [0.1, 0.15) is 17.2 Å². The van der Waals surface area contributed by atoms with Gasteiger partial charge in [-0.25, -0.2) is 9.97 Å². The summed E-state index contributed by atoms with van der Waals surface area (Å²) >= 11 is 0. The fraction of sp³-hybridized carbons (Fsp3) is 0.261. The molecule has 0 saturated heterocycles. The second-order valence-electron chi connectivity index (χ2n) is 16.4. The van der Waals surface area contributed by atoms with Gasteiger partial charge in [-0.3, -0.25) is 9.59 Å². The van der Waals surface area contributed by atoms with Crippen LogP contribution in [0, 0.1) is 11.8 Å². The summed E-state index contributed by atoms with van der Waals surface area (Å²) in [5, 5.41) is 18.1. The van der Waals surface area contributed by atoms with Crippen LogP contribution in [-0.4, -0.2) is 50.8 Å². The summed E-state index contributed by atoms with van der Waals surface area (Å²) in [5.74, 6) is -1.98. The van der Waals surface area contributed by atoms with Gasteiger partial charge in [-0.15, -0.1) is 0 Å². The van der Waals surface area contributed by atoms with E-state index in [1.165, 1.54) is 30.3 Å². The fourth-order valence-electron chi connectivity index (χ4n) is 9.84. The molecule has 14 heteroatoms. The monoisotopic (exact) mass is 811 g/mol. The zero-order valence-corrected chi connectivity index (χ0v) is 32.2. The number of anilines is 1. The lowest BCUT2D eigenvalue weighted by Gasteiger charge is -2.34. The summed E-state index contributed by atoms with van der Waals surface area (Å²) < 4.78 is 65.7. The molecule has 0 saturated carbocycles. The van der Waals surface area contributed by atoms with Gasteiger partial charge in [0.05, 0.1) is 12.8 Å². The molecule has 1 spiro atoms. The lowest BCUT2D eigenvalue weighted by molar-refractivity contribution is -0.202. The summed E-state index contributed by atoms with van der Waals surface area (Å²) in [6.45, 7) is 2.19. The number of carbonyl (C=O) groups excluding carboxylic acids is 2. The highest BCUT2D eigenvalue weighted by Crippen LogP contribution is 2.61. The van der Waals surface area contributed by atoms with Crippen LogP contribution in [0.5, 0.6) is 5.75 Å². The van der Waals surface area contributed by atoms with Gasteiger partial charge in [-0.1, -0.05) is 86.6 Å². The Balaban J connectivity index is 1.15.